The fraction of sp³-hybridized carbons (Fsp3) is 0.417. The Bertz CT molecular complexity index is 699. The van der Waals surface area contributed by atoms with Crippen molar-refractivity contribution in [3.8, 4) is 0 Å². The third-order valence-corrected chi connectivity index (χ3v) is 2.92. The molecule has 0 saturated carbocycles. The van der Waals surface area contributed by atoms with Crippen LogP contribution in [-0.4, -0.2) is 24.1 Å². The van der Waals surface area contributed by atoms with Crippen LogP contribution in [0.4, 0.5) is 0 Å². The first-order valence-corrected chi connectivity index (χ1v) is 5.64. The quantitative estimate of drug-likeness (QED) is 0.591. The van der Waals surface area contributed by atoms with Crippen LogP contribution in [0.2, 0.25) is 0 Å². The summed E-state index contributed by atoms with van der Waals surface area (Å²) in [7, 11) is 1.92. The molecule has 5 heteroatoms. The molecule has 5 nitrogen and oxygen atoms in total. The summed E-state index contributed by atoms with van der Waals surface area (Å²) in [5, 5.41) is 4.60. The lowest BCUT2D eigenvalue weighted by Crippen LogP contribution is -2.13. The molecule has 0 radical (unpaired) electrons. The molecule has 0 aliphatic heterocycles. The first-order chi connectivity index (χ1) is 7.98. The predicted molar refractivity (Wildman–Crippen MR) is 66.0 cm³/mol. The van der Waals surface area contributed by atoms with Crippen molar-refractivity contribution in [2.24, 2.45) is 7.05 Å². The minimum absolute atomic E-state index is 0.0141. The van der Waals surface area contributed by atoms with Gasteiger partial charge in [-0.1, -0.05) is 20.8 Å². The summed E-state index contributed by atoms with van der Waals surface area (Å²) in [6, 6.07) is 0. The standard InChI is InChI=1S/C12H15N5/c1-12(2,3)10-9-11(16(4)15-10)14-7-8-13-5-6-17(8)9/h5-7H,1-4H3. The number of hydrogen-bond acceptors (Lipinski definition) is 3. The Morgan fingerprint density at radius 2 is 1.94 bits per heavy atom. The maximum atomic E-state index is 4.60. The lowest BCUT2D eigenvalue weighted by Gasteiger charge is -2.15. The molecule has 3 heterocycles. The van der Waals surface area contributed by atoms with E-state index in [9.17, 15) is 0 Å². The fourth-order valence-electron chi connectivity index (χ4n) is 2.09. The first kappa shape index (κ1) is 10.3. The summed E-state index contributed by atoms with van der Waals surface area (Å²) in [5.74, 6) is 0. The summed E-state index contributed by atoms with van der Waals surface area (Å²) >= 11 is 0. The van der Waals surface area contributed by atoms with Gasteiger partial charge in [-0.15, -0.1) is 0 Å². The molecule has 88 valence electrons. The highest BCUT2D eigenvalue weighted by molar-refractivity contribution is 5.78. The average molecular weight is 229 g/mol. The summed E-state index contributed by atoms with van der Waals surface area (Å²) < 4.78 is 3.88. The second-order valence-corrected chi connectivity index (χ2v) is 5.31. The van der Waals surface area contributed by atoms with Gasteiger partial charge in [0.25, 0.3) is 0 Å². The van der Waals surface area contributed by atoms with E-state index >= 15 is 0 Å². The van der Waals surface area contributed by atoms with E-state index in [1.807, 2.05) is 17.9 Å². The van der Waals surface area contributed by atoms with Crippen LogP contribution in [0.5, 0.6) is 0 Å². The van der Waals surface area contributed by atoms with Crippen molar-refractivity contribution in [1.82, 2.24) is 24.1 Å². The van der Waals surface area contributed by atoms with Crippen LogP contribution in [-0.2, 0) is 12.5 Å². The fourth-order valence-corrected chi connectivity index (χ4v) is 2.09. The molecule has 3 rings (SSSR count). The van der Waals surface area contributed by atoms with Crippen LogP contribution in [0, 0.1) is 0 Å². The van der Waals surface area contributed by atoms with Crippen LogP contribution in [0.15, 0.2) is 18.6 Å². The lowest BCUT2D eigenvalue weighted by molar-refractivity contribution is 0.556. The summed E-state index contributed by atoms with van der Waals surface area (Å²) in [4.78, 5) is 8.70. The highest BCUT2D eigenvalue weighted by atomic mass is 15.3. The molecule has 0 saturated heterocycles. The highest BCUT2D eigenvalue weighted by Gasteiger charge is 2.24. The van der Waals surface area contributed by atoms with Crippen molar-refractivity contribution in [2.45, 2.75) is 26.2 Å². The van der Waals surface area contributed by atoms with Gasteiger partial charge in [0.15, 0.2) is 11.3 Å². The van der Waals surface area contributed by atoms with Crippen molar-refractivity contribution < 1.29 is 0 Å². The average Bonchev–Trinajstić information content (AvgIpc) is 2.80. The van der Waals surface area contributed by atoms with Gasteiger partial charge in [0.1, 0.15) is 5.52 Å². The van der Waals surface area contributed by atoms with Crippen molar-refractivity contribution in [3.05, 3.63) is 24.3 Å². The van der Waals surface area contributed by atoms with Gasteiger partial charge in [0, 0.05) is 24.9 Å². The molecule has 0 unspecified atom stereocenters. The zero-order chi connectivity index (χ0) is 12.2. The Morgan fingerprint density at radius 1 is 1.18 bits per heavy atom. The molecule has 0 aromatic carbocycles. The Balaban J connectivity index is 2.55. The van der Waals surface area contributed by atoms with Gasteiger partial charge < -0.3 is 0 Å². The topological polar surface area (TPSA) is 48.0 Å². The van der Waals surface area contributed by atoms with E-state index in [1.54, 1.807) is 12.4 Å². The van der Waals surface area contributed by atoms with Gasteiger partial charge in [-0.05, 0) is 0 Å². The van der Waals surface area contributed by atoms with Crippen molar-refractivity contribution in [2.75, 3.05) is 0 Å². The third kappa shape index (κ3) is 1.35. The number of aryl methyl sites for hydroxylation is 1. The highest BCUT2D eigenvalue weighted by Crippen LogP contribution is 2.28. The molecule has 0 amide bonds. The molecule has 0 aliphatic rings. The maximum absolute atomic E-state index is 4.60. The lowest BCUT2D eigenvalue weighted by atomic mass is 9.92. The zero-order valence-corrected chi connectivity index (χ0v) is 10.5. The summed E-state index contributed by atoms with van der Waals surface area (Å²) in [6.07, 6.45) is 5.52. The van der Waals surface area contributed by atoms with Crippen LogP contribution >= 0.6 is 0 Å². The van der Waals surface area contributed by atoms with E-state index in [0.29, 0.717) is 0 Å². The third-order valence-electron chi connectivity index (χ3n) is 2.92. The molecule has 0 aliphatic carbocycles. The van der Waals surface area contributed by atoms with Crippen LogP contribution in [0.25, 0.3) is 16.8 Å². The van der Waals surface area contributed by atoms with Gasteiger partial charge in [-0.25, -0.2) is 14.6 Å². The van der Waals surface area contributed by atoms with Crippen LogP contribution < -0.4 is 0 Å². The van der Waals surface area contributed by atoms with Gasteiger partial charge in [-0.2, -0.15) is 5.10 Å². The number of aromatic nitrogens is 5. The molecular formula is C12H15N5. The van der Waals surface area contributed by atoms with Crippen molar-refractivity contribution in [3.63, 3.8) is 0 Å². The van der Waals surface area contributed by atoms with Gasteiger partial charge in [0.05, 0.1) is 11.9 Å². The number of rotatable bonds is 0. The monoisotopic (exact) mass is 229 g/mol. The largest absolute Gasteiger partial charge is 0.294 e. The van der Waals surface area contributed by atoms with E-state index in [0.717, 1.165) is 22.5 Å². The number of hydrogen-bond donors (Lipinski definition) is 0. The predicted octanol–water partition coefficient (Wildman–Crippen LogP) is 1.91. The molecule has 0 atom stereocenters. The molecular weight excluding hydrogens is 214 g/mol. The normalized spacial score (nSPS) is 12.7. The molecule has 0 spiro atoms. The second-order valence-electron chi connectivity index (χ2n) is 5.31. The number of fused-ring (bicyclic) bond motifs is 3. The molecule has 3 aromatic rings. The van der Waals surface area contributed by atoms with E-state index in [-0.39, 0.29) is 5.41 Å². The minimum Gasteiger partial charge on any atom is -0.294 e. The van der Waals surface area contributed by atoms with E-state index in [2.05, 4.69) is 40.2 Å². The zero-order valence-electron chi connectivity index (χ0n) is 10.5. The van der Waals surface area contributed by atoms with Crippen molar-refractivity contribution in [1.29, 1.82) is 0 Å². The summed E-state index contributed by atoms with van der Waals surface area (Å²) in [5.41, 5.74) is 3.83. The van der Waals surface area contributed by atoms with Crippen LogP contribution in [0.1, 0.15) is 26.5 Å². The van der Waals surface area contributed by atoms with Gasteiger partial charge in [0.2, 0.25) is 0 Å². The van der Waals surface area contributed by atoms with E-state index < -0.39 is 0 Å². The Kier molecular flexibility index (Phi) is 1.85. The van der Waals surface area contributed by atoms with Crippen LogP contribution in [0.3, 0.4) is 0 Å². The first-order valence-electron chi connectivity index (χ1n) is 5.64. The van der Waals surface area contributed by atoms with Gasteiger partial charge in [-0.3, -0.25) is 4.40 Å². The van der Waals surface area contributed by atoms with E-state index in [1.165, 1.54) is 0 Å². The molecule has 0 N–H and O–H groups in total. The maximum Gasteiger partial charge on any atom is 0.175 e. The Hall–Kier alpha value is -1.91. The Morgan fingerprint density at radius 3 is 2.65 bits per heavy atom. The molecule has 0 bridgehead atoms. The molecule has 3 aromatic heterocycles. The second kappa shape index (κ2) is 3.06. The summed E-state index contributed by atoms with van der Waals surface area (Å²) in [6.45, 7) is 6.47. The minimum atomic E-state index is -0.0141. The number of imidazole rings is 1. The number of nitrogens with zero attached hydrogens (tertiary/aromatic N) is 5. The SMILES string of the molecule is Cn1nc(C(C)(C)C)c2c1ncc1nccn12. The Labute approximate surface area is 99.1 Å². The molecule has 17 heavy (non-hydrogen) atoms. The van der Waals surface area contributed by atoms with Crippen molar-refractivity contribution >= 4 is 16.8 Å². The molecule has 0 fully saturated rings. The smallest absolute Gasteiger partial charge is 0.175 e. The van der Waals surface area contributed by atoms with E-state index in [4.69, 9.17) is 0 Å². The van der Waals surface area contributed by atoms with Gasteiger partial charge >= 0.3 is 0 Å².